The molecule has 1 aromatic heterocycles. The van der Waals surface area contributed by atoms with Gasteiger partial charge in [-0.15, -0.1) is 11.3 Å². The molecule has 0 aliphatic rings. The molecule has 5 heteroatoms. The van der Waals surface area contributed by atoms with Crippen LogP contribution in [-0.4, -0.2) is 24.0 Å². The van der Waals surface area contributed by atoms with Crippen molar-refractivity contribution < 1.29 is 4.79 Å². The third-order valence-electron chi connectivity index (χ3n) is 3.12. The molecule has 0 saturated heterocycles. The molecule has 0 radical (unpaired) electrons. The monoisotopic (exact) mass is 303 g/mol. The summed E-state index contributed by atoms with van der Waals surface area (Å²) in [5.74, 6) is -0.0402. The molecule has 0 unspecified atom stereocenters. The predicted octanol–water partition coefficient (Wildman–Crippen LogP) is 3.16. The van der Waals surface area contributed by atoms with Crippen LogP contribution in [0.5, 0.6) is 0 Å². The van der Waals surface area contributed by atoms with Gasteiger partial charge < -0.3 is 10.6 Å². The number of carbonyl (C=O) groups excluding carboxylic acids is 1. The normalized spacial score (nSPS) is 10.4. The van der Waals surface area contributed by atoms with Crippen LogP contribution in [0, 0.1) is 13.8 Å². The minimum atomic E-state index is -0.0402. The summed E-state index contributed by atoms with van der Waals surface area (Å²) >= 11 is 1.64. The number of aromatic nitrogens is 1. The van der Waals surface area contributed by atoms with Crippen molar-refractivity contribution in [3.8, 4) is 0 Å². The van der Waals surface area contributed by atoms with Gasteiger partial charge >= 0.3 is 0 Å². The van der Waals surface area contributed by atoms with E-state index >= 15 is 0 Å². The third kappa shape index (κ3) is 4.29. The van der Waals surface area contributed by atoms with Gasteiger partial charge in [0.15, 0.2) is 0 Å². The lowest BCUT2D eigenvalue weighted by molar-refractivity contribution is 0.0955. The summed E-state index contributed by atoms with van der Waals surface area (Å²) in [7, 11) is 0. The molecule has 0 aliphatic heterocycles. The maximum absolute atomic E-state index is 12.3. The minimum Gasteiger partial charge on any atom is -0.385 e. The van der Waals surface area contributed by atoms with Crippen LogP contribution in [0.1, 0.15) is 33.5 Å². The largest absolute Gasteiger partial charge is 0.385 e. The molecule has 0 atom stereocenters. The maximum atomic E-state index is 12.3. The number of amides is 1. The first-order valence-electron chi connectivity index (χ1n) is 7.14. The smallest absolute Gasteiger partial charge is 0.253 e. The fraction of sp³-hybridized carbons (Fsp3) is 0.375. The number of aryl methyl sites for hydroxylation is 2. The van der Waals surface area contributed by atoms with E-state index in [1.807, 2.05) is 44.4 Å². The van der Waals surface area contributed by atoms with Gasteiger partial charge in [-0.05, 0) is 32.9 Å². The topological polar surface area (TPSA) is 54.0 Å². The number of benzene rings is 1. The zero-order valence-electron chi connectivity index (χ0n) is 12.7. The standard InChI is InChI=1S/C16H21N3OS/c1-4-17-15-6-5-11(2)9-14(15)16(20)18-8-7-13-10-21-12(3)19-13/h5-6,9-10,17H,4,7-8H2,1-3H3,(H,18,20). The van der Waals surface area contributed by atoms with E-state index in [4.69, 9.17) is 0 Å². The first-order valence-corrected chi connectivity index (χ1v) is 8.02. The second-order valence-electron chi connectivity index (χ2n) is 4.94. The highest BCUT2D eigenvalue weighted by Gasteiger charge is 2.11. The summed E-state index contributed by atoms with van der Waals surface area (Å²) in [6.07, 6.45) is 0.762. The number of nitrogens with one attached hydrogen (secondary N) is 2. The molecular weight excluding hydrogens is 282 g/mol. The van der Waals surface area contributed by atoms with Crippen LogP contribution in [-0.2, 0) is 6.42 Å². The molecule has 1 aromatic carbocycles. The van der Waals surface area contributed by atoms with Gasteiger partial charge in [-0.2, -0.15) is 0 Å². The van der Waals surface area contributed by atoms with Crippen molar-refractivity contribution >= 4 is 22.9 Å². The highest BCUT2D eigenvalue weighted by molar-refractivity contribution is 7.09. The number of nitrogens with zero attached hydrogens (tertiary/aromatic N) is 1. The van der Waals surface area contributed by atoms with Crippen LogP contribution in [0.3, 0.4) is 0 Å². The molecule has 2 rings (SSSR count). The minimum absolute atomic E-state index is 0.0402. The van der Waals surface area contributed by atoms with E-state index in [0.29, 0.717) is 12.1 Å². The lowest BCUT2D eigenvalue weighted by Gasteiger charge is -2.11. The van der Waals surface area contributed by atoms with Gasteiger partial charge in [-0.1, -0.05) is 11.6 Å². The fourth-order valence-corrected chi connectivity index (χ4v) is 2.76. The summed E-state index contributed by atoms with van der Waals surface area (Å²) in [6.45, 7) is 7.39. The highest BCUT2D eigenvalue weighted by Crippen LogP contribution is 2.17. The Balaban J connectivity index is 1.97. The van der Waals surface area contributed by atoms with Crippen LogP contribution >= 0.6 is 11.3 Å². The van der Waals surface area contributed by atoms with Crippen LogP contribution in [0.4, 0.5) is 5.69 Å². The molecule has 4 nitrogen and oxygen atoms in total. The highest BCUT2D eigenvalue weighted by atomic mass is 32.1. The zero-order valence-corrected chi connectivity index (χ0v) is 13.5. The second-order valence-corrected chi connectivity index (χ2v) is 6.01. The molecular formula is C16H21N3OS. The summed E-state index contributed by atoms with van der Waals surface area (Å²) < 4.78 is 0. The molecule has 112 valence electrons. The fourth-order valence-electron chi connectivity index (χ4n) is 2.11. The van der Waals surface area contributed by atoms with Gasteiger partial charge in [0.2, 0.25) is 0 Å². The Morgan fingerprint density at radius 1 is 1.33 bits per heavy atom. The molecule has 0 bridgehead atoms. The van der Waals surface area contributed by atoms with Crippen LogP contribution in [0.25, 0.3) is 0 Å². The van der Waals surface area contributed by atoms with Crippen LogP contribution in [0.15, 0.2) is 23.6 Å². The Hall–Kier alpha value is -1.88. The zero-order chi connectivity index (χ0) is 15.2. The summed E-state index contributed by atoms with van der Waals surface area (Å²) in [6, 6.07) is 5.88. The van der Waals surface area contributed by atoms with Gasteiger partial charge in [-0.3, -0.25) is 4.79 Å². The molecule has 1 heterocycles. The quantitative estimate of drug-likeness (QED) is 0.862. The molecule has 0 fully saturated rings. The average Bonchev–Trinajstić information content (AvgIpc) is 2.86. The van der Waals surface area contributed by atoms with Crippen molar-refractivity contribution in [1.29, 1.82) is 0 Å². The first-order chi connectivity index (χ1) is 10.1. The molecule has 21 heavy (non-hydrogen) atoms. The lowest BCUT2D eigenvalue weighted by atomic mass is 10.1. The van der Waals surface area contributed by atoms with Crippen molar-refractivity contribution in [3.63, 3.8) is 0 Å². The Kier molecular flexibility index (Phi) is 5.33. The van der Waals surface area contributed by atoms with Crippen molar-refractivity contribution in [1.82, 2.24) is 10.3 Å². The average molecular weight is 303 g/mol. The molecule has 2 N–H and O–H groups in total. The second kappa shape index (κ2) is 7.22. The summed E-state index contributed by atoms with van der Waals surface area (Å²) in [5, 5.41) is 9.29. The van der Waals surface area contributed by atoms with E-state index in [0.717, 1.165) is 34.9 Å². The van der Waals surface area contributed by atoms with E-state index in [1.165, 1.54) is 0 Å². The van der Waals surface area contributed by atoms with Crippen molar-refractivity contribution in [2.75, 3.05) is 18.4 Å². The number of hydrogen-bond acceptors (Lipinski definition) is 4. The van der Waals surface area contributed by atoms with Crippen molar-refractivity contribution in [2.24, 2.45) is 0 Å². The predicted molar refractivity (Wildman–Crippen MR) is 88.2 cm³/mol. The third-order valence-corrected chi connectivity index (χ3v) is 3.94. The van der Waals surface area contributed by atoms with Crippen LogP contribution in [0.2, 0.25) is 0 Å². The van der Waals surface area contributed by atoms with Crippen molar-refractivity contribution in [2.45, 2.75) is 27.2 Å². The SMILES string of the molecule is CCNc1ccc(C)cc1C(=O)NCCc1csc(C)n1. The van der Waals surface area contributed by atoms with Crippen molar-refractivity contribution in [3.05, 3.63) is 45.4 Å². The molecule has 0 aliphatic carbocycles. The van der Waals surface area contributed by atoms with E-state index in [-0.39, 0.29) is 5.91 Å². The van der Waals surface area contributed by atoms with Gasteiger partial charge in [0, 0.05) is 30.6 Å². The number of anilines is 1. The molecule has 1 amide bonds. The first kappa shape index (κ1) is 15.5. The van der Waals surface area contributed by atoms with E-state index in [2.05, 4.69) is 15.6 Å². The van der Waals surface area contributed by atoms with Gasteiger partial charge in [0.25, 0.3) is 5.91 Å². The van der Waals surface area contributed by atoms with Crippen LogP contribution < -0.4 is 10.6 Å². The molecule has 2 aromatic rings. The van der Waals surface area contributed by atoms with E-state index < -0.39 is 0 Å². The number of carbonyl (C=O) groups is 1. The van der Waals surface area contributed by atoms with E-state index in [1.54, 1.807) is 11.3 Å². The van der Waals surface area contributed by atoms with E-state index in [9.17, 15) is 4.79 Å². The number of thiazole rings is 1. The number of hydrogen-bond donors (Lipinski definition) is 2. The summed E-state index contributed by atoms with van der Waals surface area (Å²) in [5.41, 5.74) is 3.70. The lowest BCUT2D eigenvalue weighted by Crippen LogP contribution is -2.26. The Morgan fingerprint density at radius 2 is 2.14 bits per heavy atom. The molecule has 0 spiro atoms. The molecule has 0 saturated carbocycles. The Morgan fingerprint density at radius 3 is 2.81 bits per heavy atom. The Bertz CT molecular complexity index is 622. The maximum Gasteiger partial charge on any atom is 0.253 e. The Labute approximate surface area is 129 Å². The number of rotatable bonds is 6. The van der Waals surface area contributed by atoms with Gasteiger partial charge in [-0.25, -0.2) is 4.98 Å². The summed E-state index contributed by atoms with van der Waals surface area (Å²) in [4.78, 5) is 16.7. The van der Waals surface area contributed by atoms with Gasteiger partial charge in [0.1, 0.15) is 0 Å². The van der Waals surface area contributed by atoms with Gasteiger partial charge in [0.05, 0.1) is 16.3 Å².